The molecule has 2 rings (SSSR count). The van der Waals surface area contributed by atoms with Crippen molar-refractivity contribution in [3.05, 3.63) is 46.3 Å². The van der Waals surface area contributed by atoms with E-state index in [9.17, 15) is 4.79 Å². The van der Waals surface area contributed by atoms with Gasteiger partial charge in [0.1, 0.15) is 5.82 Å². The first-order chi connectivity index (χ1) is 9.19. The van der Waals surface area contributed by atoms with Gasteiger partial charge in [0.2, 0.25) is 0 Å². The van der Waals surface area contributed by atoms with E-state index in [1.165, 1.54) is 10.7 Å². The van der Waals surface area contributed by atoms with Crippen LogP contribution in [0.4, 0.5) is 5.82 Å². The van der Waals surface area contributed by atoms with Crippen LogP contribution in [0.15, 0.2) is 29.3 Å². The van der Waals surface area contributed by atoms with Crippen molar-refractivity contribution in [2.24, 2.45) is 0 Å². The Morgan fingerprint density at radius 1 is 1.26 bits per heavy atom. The normalized spacial score (nSPS) is 10.4. The number of aryl methyl sites for hydroxylation is 1. The number of anilines is 1. The first kappa shape index (κ1) is 13.2. The predicted octanol–water partition coefficient (Wildman–Crippen LogP) is 1.21. The van der Waals surface area contributed by atoms with Crippen LogP contribution in [0.5, 0.6) is 0 Å². The summed E-state index contributed by atoms with van der Waals surface area (Å²) in [4.78, 5) is 20.1. The smallest absolute Gasteiger partial charge is 0.267 e. The number of rotatable bonds is 5. The van der Waals surface area contributed by atoms with Crippen molar-refractivity contribution in [3.63, 3.8) is 0 Å². The van der Waals surface area contributed by atoms with Crippen molar-refractivity contribution in [1.29, 1.82) is 0 Å². The van der Waals surface area contributed by atoms with Gasteiger partial charge in [0, 0.05) is 12.6 Å². The average Bonchev–Trinajstić information content (AvgIpc) is 2.42. The molecule has 0 aromatic carbocycles. The van der Waals surface area contributed by atoms with Crippen LogP contribution in [0.25, 0.3) is 0 Å². The fraction of sp³-hybridized carbons (Fsp3) is 0.385. The Morgan fingerprint density at radius 2 is 2.11 bits per heavy atom. The fourth-order valence-electron chi connectivity index (χ4n) is 1.60. The molecule has 6 heteroatoms. The Hall–Kier alpha value is -2.24. The van der Waals surface area contributed by atoms with Gasteiger partial charge in [-0.2, -0.15) is 5.10 Å². The molecule has 2 aromatic rings. The van der Waals surface area contributed by atoms with Gasteiger partial charge in [0.15, 0.2) is 0 Å². The maximum absolute atomic E-state index is 11.6. The van der Waals surface area contributed by atoms with E-state index >= 15 is 0 Å². The largest absolute Gasteiger partial charge is 0.369 e. The van der Waals surface area contributed by atoms with Crippen LogP contribution in [0, 0.1) is 6.92 Å². The van der Waals surface area contributed by atoms with E-state index in [4.69, 9.17) is 0 Å². The highest BCUT2D eigenvalue weighted by Crippen LogP contribution is 2.02. The SMILES string of the molecule is CCCNc1cnc(Cn2nc(C)ccc2=O)cn1. The molecule has 0 atom stereocenters. The molecule has 0 saturated carbocycles. The van der Waals surface area contributed by atoms with Gasteiger partial charge >= 0.3 is 0 Å². The zero-order chi connectivity index (χ0) is 13.7. The quantitative estimate of drug-likeness (QED) is 0.873. The molecule has 2 aromatic heterocycles. The summed E-state index contributed by atoms with van der Waals surface area (Å²) in [6.07, 6.45) is 4.37. The van der Waals surface area contributed by atoms with E-state index < -0.39 is 0 Å². The Kier molecular flexibility index (Phi) is 4.22. The maximum atomic E-state index is 11.6. The lowest BCUT2D eigenvalue weighted by atomic mass is 10.4. The van der Waals surface area contributed by atoms with Crippen LogP contribution in [-0.2, 0) is 6.54 Å². The summed E-state index contributed by atoms with van der Waals surface area (Å²) in [6.45, 7) is 5.14. The second kappa shape index (κ2) is 6.08. The van der Waals surface area contributed by atoms with Crippen LogP contribution in [-0.4, -0.2) is 26.3 Å². The molecule has 0 fully saturated rings. The molecule has 0 spiro atoms. The summed E-state index contributed by atoms with van der Waals surface area (Å²) in [7, 11) is 0. The van der Waals surface area contributed by atoms with E-state index in [1.807, 2.05) is 6.92 Å². The lowest BCUT2D eigenvalue weighted by molar-refractivity contribution is 0.616. The molecule has 0 aliphatic carbocycles. The van der Waals surface area contributed by atoms with Gasteiger partial charge in [-0.1, -0.05) is 6.92 Å². The molecule has 100 valence electrons. The summed E-state index contributed by atoms with van der Waals surface area (Å²) in [5.74, 6) is 0.746. The predicted molar refractivity (Wildman–Crippen MR) is 73.1 cm³/mol. The Morgan fingerprint density at radius 3 is 2.79 bits per heavy atom. The van der Waals surface area contributed by atoms with Gasteiger partial charge < -0.3 is 5.32 Å². The standard InChI is InChI=1S/C13H17N5O/c1-3-6-14-12-8-15-11(7-16-12)9-18-13(19)5-4-10(2)17-18/h4-5,7-8H,3,6,9H2,1-2H3,(H,14,16). The third kappa shape index (κ3) is 3.61. The van der Waals surface area contributed by atoms with E-state index in [2.05, 4.69) is 27.3 Å². The Labute approximate surface area is 111 Å². The van der Waals surface area contributed by atoms with Crippen molar-refractivity contribution in [2.45, 2.75) is 26.8 Å². The minimum Gasteiger partial charge on any atom is -0.369 e. The summed E-state index contributed by atoms with van der Waals surface area (Å²) in [5.41, 5.74) is 1.37. The summed E-state index contributed by atoms with van der Waals surface area (Å²) in [6, 6.07) is 3.20. The van der Waals surface area contributed by atoms with Gasteiger partial charge in [-0.3, -0.25) is 9.78 Å². The van der Waals surface area contributed by atoms with Crippen molar-refractivity contribution >= 4 is 5.82 Å². The molecule has 6 nitrogen and oxygen atoms in total. The van der Waals surface area contributed by atoms with E-state index in [0.717, 1.165) is 24.5 Å². The van der Waals surface area contributed by atoms with Crippen molar-refractivity contribution in [2.75, 3.05) is 11.9 Å². The number of nitrogens with one attached hydrogen (secondary N) is 1. The highest BCUT2D eigenvalue weighted by molar-refractivity contribution is 5.30. The highest BCUT2D eigenvalue weighted by atomic mass is 16.1. The molecule has 2 heterocycles. The zero-order valence-corrected chi connectivity index (χ0v) is 11.1. The topological polar surface area (TPSA) is 72.7 Å². The number of nitrogens with zero attached hydrogens (tertiary/aromatic N) is 4. The summed E-state index contributed by atoms with van der Waals surface area (Å²) >= 11 is 0. The molecular formula is C13H17N5O. The Balaban J connectivity index is 2.11. The summed E-state index contributed by atoms with van der Waals surface area (Å²) < 4.78 is 1.39. The lowest BCUT2D eigenvalue weighted by Gasteiger charge is -2.06. The summed E-state index contributed by atoms with van der Waals surface area (Å²) in [5, 5.41) is 7.31. The third-order valence-corrected chi connectivity index (χ3v) is 2.57. The molecule has 1 N–H and O–H groups in total. The van der Waals surface area contributed by atoms with E-state index in [-0.39, 0.29) is 5.56 Å². The third-order valence-electron chi connectivity index (χ3n) is 2.57. The highest BCUT2D eigenvalue weighted by Gasteiger charge is 2.02. The molecule has 0 bridgehead atoms. The van der Waals surface area contributed by atoms with Crippen LogP contribution in [0.1, 0.15) is 24.7 Å². The van der Waals surface area contributed by atoms with Crippen molar-refractivity contribution < 1.29 is 0 Å². The number of aromatic nitrogens is 4. The lowest BCUT2D eigenvalue weighted by Crippen LogP contribution is -2.23. The van der Waals surface area contributed by atoms with E-state index in [0.29, 0.717) is 12.2 Å². The number of hydrogen-bond donors (Lipinski definition) is 1. The van der Waals surface area contributed by atoms with Crippen molar-refractivity contribution in [1.82, 2.24) is 19.7 Å². The van der Waals surface area contributed by atoms with Crippen molar-refractivity contribution in [3.8, 4) is 0 Å². The second-order valence-electron chi connectivity index (χ2n) is 4.29. The van der Waals surface area contributed by atoms with Gasteiger partial charge in [0.25, 0.3) is 5.56 Å². The van der Waals surface area contributed by atoms with Crippen LogP contribution in [0.3, 0.4) is 0 Å². The molecule has 0 aliphatic heterocycles. The molecule has 0 aliphatic rings. The van der Waals surface area contributed by atoms with Gasteiger partial charge in [0.05, 0.1) is 30.3 Å². The van der Waals surface area contributed by atoms with E-state index in [1.54, 1.807) is 18.5 Å². The van der Waals surface area contributed by atoms with Gasteiger partial charge in [-0.25, -0.2) is 9.67 Å². The molecule has 0 saturated heterocycles. The molecular weight excluding hydrogens is 242 g/mol. The van der Waals surface area contributed by atoms with Gasteiger partial charge in [-0.05, 0) is 19.4 Å². The minimum atomic E-state index is -0.138. The monoisotopic (exact) mass is 259 g/mol. The number of hydrogen-bond acceptors (Lipinski definition) is 5. The van der Waals surface area contributed by atoms with Gasteiger partial charge in [-0.15, -0.1) is 0 Å². The first-order valence-electron chi connectivity index (χ1n) is 6.28. The second-order valence-corrected chi connectivity index (χ2v) is 4.29. The fourth-order valence-corrected chi connectivity index (χ4v) is 1.60. The minimum absolute atomic E-state index is 0.138. The maximum Gasteiger partial charge on any atom is 0.267 e. The van der Waals surface area contributed by atoms with Crippen LogP contribution in [0.2, 0.25) is 0 Å². The molecule has 0 amide bonds. The first-order valence-corrected chi connectivity index (χ1v) is 6.28. The van der Waals surface area contributed by atoms with Crippen LogP contribution < -0.4 is 10.9 Å². The molecule has 19 heavy (non-hydrogen) atoms. The zero-order valence-electron chi connectivity index (χ0n) is 11.1. The van der Waals surface area contributed by atoms with Crippen LogP contribution >= 0.6 is 0 Å². The Bertz CT molecular complexity index is 591. The molecule has 0 radical (unpaired) electrons. The average molecular weight is 259 g/mol. The molecule has 0 unspecified atom stereocenters.